The van der Waals surface area contributed by atoms with Crippen molar-refractivity contribution in [1.29, 1.82) is 0 Å². The Kier molecular flexibility index (Phi) is 2.99. The van der Waals surface area contributed by atoms with Gasteiger partial charge in [-0.2, -0.15) is 0 Å². The molecule has 24 heavy (non-hydrogen) atoms. The predicted octanol–water partition coefficient (Wildman–Crippen LogP) is 4.53. The molecule has 122 valence electrons. The van der Waals surface area contributed by atoms with E-state index in [0.717, 1.165) is 18.5 Å². The molecule has 1 aliphatic carbocycles. The quantitative estimate of drug-likeness (QED) is 0.745. The fraction of sp³-hybridized carbons (Fsp3) is 0.333. The summed E-state index contributed by atoms with van der Waals surface area (Å²) in [5, 5.41) is 0. The van der Waals surface area contributed by atoms with E-state index in [-0.39, 0.29) is 17.2 Å². The zero-order chi connectivity index (χ0) is 16.3. The molecule has 1 nitrogen and oxygen atoms in total. The van der Waals surface area contributed by atoms with Crippen molar-refractivity contribution in [2.45, 2.75) is 24.8 Å². The van der Waals surface area contributed by atoms with Gasteiger partial charge in [-0.05, 0) is 60.1 Å². The van der Waals surface area contributed by atoms with Gasteiger partial charge < -0.3 is 0 Å². The highest BCUT2D eigenvalue weighted by atomic mass is 19.1. The van der Waals surface area contributed by atoms with Crippen molar-refractivity contribution in [3.63, 3.8) is 0 Å². The van der Waals surface area contributed by atoms with Crippen LogP contribution in [0.3, 0.4) is 0 Å². The highest BCUT2D eigenvalue weighted by Crippen LogP contribution is 2.55. The summed E-state index contributed by atoms with van der Waals surface area (Å²) in [6, 6.07) is 12.4. The summed E-state index contributed by atoms with van der Waals surface area (Å²) < 4.78 is 27.9. The van der Waals surface area contributed by atoms with Crippen LogP contribution in [0.4, 0.5) is 8.78 Å². The van der Waals surface area contributed by atoms with Crippen LogP contribution in [0, 0.1) is 17.6 Å². The summed E-state index contributed by atoms with van der Waals surface area (Å²) >= 11 is 0. The van der Waals surface area contributed by atoms with Crippen LogP contribution in [-0.2, 0) is 12.0 Å². The van der Waals surface area contributed by atoms with Crippen molar-refractivity contribution in [2.75, 3.05) is 13.1 Å². The van der Waals surface area contributed by atoms with E-state index in [1.54, 1.807) is 0 Å². The van der Waals surface area contributed by atoms with Crippen LogP contribution >= 0.6 is 0 Å². The van der Waals surface area contributed by atoms with Gasteiger partial charge in [0.2, 0.25) is 0 Å². The number of aryl methyl sites for hydroxylation is 1. The monoisotopic (exact) mass is 323 g/mol. The Balaban J connectivity index is 1.70. The van der Waals surface area contributed by atoms with E-state index in [2.05, 4.69) is 35.2 Å². The number of hydrogen-bond donors (Lipinski definition) is 0. The third-order valence-electron chi connectivity index (χ3n) is 6.13. The second kappa shape index (κ2) is 5.00. The Morgan fingerprint density at radius 1 is 1.04 bits per heavy atom. The number of hydrogen-bond acceptors (Lipinski definition) is 1. The molecule has 3 heteroatoms. The van der Waals surface area contributed by atoms with Crippen LogP contribution < -0.4 is 0 Å². The van der Waals surface area contributed by atoms with E-state index in [1.165, 1.54) is 42.2 Å². The summed E-state index contributed by atoms with van der Waals surface area (Å²) in [5.74, 6) is -0.139. The maximum Gasteiger partial charge on any atom is 0.130 e. The Morgan fingerprint density at radius 2 is 1.92 bits per heavy atom. The molecule has 0 amide bonds. The first-order chi connectivity index (χ1) is 11.7. The molecule has 2 aliphatic heterocycles. The first-order valence-corrected chi connectivity index (χ1v) is 8.69. The summed E-state index contributed by atoms with van der Waals surface area (Å²) in [4.78, 5) is 2.47. The SMILES string of the molecule is Fc1ccc(F)c(C2=CC34c5ccccc5CCC3CCN4C2)c1. The van der Waals surface area contributed by atoms with Gasteiger partial charge in [0.05, 0.1) is 5.54 Å². The first-order valence-electron chi connectivity index (χ1n) is 8.69. The van der Waals surface area contributed by atoms with E-state index >= 15 is 0 Å². The van der Waals surface area contributed by atoms with Crippen molar-refractivity contribution in [3.8, 4) is 0 Å². The summed E-state index contributed by atoms with van der Waals surface area (Å²) in [7, 11) is 0. The fourth-order valence-corrected chi connectivity index (χ4v) is 5.11. The molecule has 2 atom stereocenters. The molecule has 2 aromatic rings. The number of fused-ring (bicyclic) bond motifs is 1. The molecule has 0 bridgehead atoms. The lowest BCUT2D eigenvalue weighted by Gasteiger charge is -2.41. The second-order valence-electron chi connectivity index (χ2n) is 7.22. The minimum Gasteiger partial charge on any atom is -0.286 e. The smallest absolute Gasteiger partial charge is 0.130 e. The largest absolute Gasteiger partial charge is 0.286 e. The van der Waals surface area contributed by atoms with Crippen LogP contribution in [0.1, 0.15) is 29.5 Å². The van der Waals surface area contributed by atoms with Crippen molar-refractivity contribution in [1.82, 2.24) is 4.90 Å². The molecule has 0 radical (unpaired) electrons. The van der Waals surface area contributed by atoms with Gasteiger partial charge in [-0.25, -0.2) is 8.78 Å². The van der Waals surface area contributed by atoms with Crippen LogP contribution in [0.5, 0.6) is 0 Å². The minimum absolute atomic E-state index is 0.122. The topological polar surface area (TPSA) is 3.24 Å². The van der Waals surface area contributed by atoms with Gasteiger partial charge in [0, 0.05) is 18.7 Å². The standard InChI is InChI=1S/C21H19F2N/c22-17-7-8-20(23)18(11-17)15-12-21-16(9-10-24(21)13-15)6-5-14-3-1-2-4-19(14)21/h1-4,7-8,11-12,16H,5-6,9-10,13H2. The molecule has 2 heterocycles. The lowest BCUT2D eigenvalue weighted by Crippen LogP contribution is -2.43. The van der Waals surface area contributed by atoms with Gasteiger partial charge in [0.25, 0.3) is 0 Å². The number of nitrogens with zero attached hydrogens (tertiary/aromatic N) is 1. The highest BCUT2D eigenvalue weighted by molar-refractivity contribution is 5.73. The Labute approximate surface area is 140 Å². The molecule has 1 fully saturated rings. The number of halogens is 2. The van der Waals surface area contributed by atoms with E-state index in [9.17, 15) is 8.78 Å². The molecule has 2 aromatic carbocycles. The van der Waals surface area contributed by atoms with Gasteiger partial charge in [-0.15, -0.1) is 0 Å². The van der Waals surface area contributed by atoms with Gasteiger partial charge in [-0.3, -0.25) is 4.90 Å². The molecule has 0 saturated carbocycles. The van der Waals surface area contributed by atoms with E-state index in [4.69, 9.17) is 0 Å². The molecular formula is C21H19F2N. The lowest BCUT2D eigenvalue weighted by molar-refractivity contribution is 0.168. The minimum atomic E-state index is -0.377. The summed E-state index contributed by atoms with van der Waals surface area (Å²) in [5.41, 5.74) is 3.99. The van der Waals surface area contributed by atoms with Gasteiger partial charge in [0.1, 0.15) is 11.6 Å². The molecule has 1 spiro atoms. The lowest BCUT2D eigenvalue weighted by atomic mass is 9.70. The zero-order valence-corrected chi connectivity index (χ0v) is 13.4. The van der Waals surface area contributed by atoms with Crippen molar-refractivity contribution < 1.29 is 8.78 Å². The van der Waals surface area contributed by atoms with Crippen molar-refractivity contribution >= 4 is 5.57 Å². The molecular weight excluding hydrogens is 304 g/mol. The predicted molar refractivity (Wildman–Crippen MR) is 90.5 cm³/mol. The Hall–Kier alpha value is -2.00. The van der Waals surface area contributed by atoms with Gasteiger partial charge in [-0.1, -0.05) is 30.3 Å². The molecule has 0 N–H and O–H groups in total. The van der Waals surface area contributed by atoms with Gasteiger partial charge in [0.15, 0.2) is 0 Å². The fourth-order valence-electron chi connectivity index (χ4n) is 5.11. The summed E-state index contributed by atoms with van der Waals surface area (Å²) in [6.07, 6.45) is 5.71. The number of rotatable bonds is 1. The van der Waals surface area contributed by atoms with Crippen molar-refractivity contribution in [2.24, 2.45) is 5.92 Å². The van der Waals surface area contributed by atoms with Crippen LogP contribution in [0.25, 0.3) is 5.57 Å². The van der Waals surface area contributed by atoms with E-state index < -0.39 is 0 Å². The molecule has 3 aliphatic rings. The average Bonchev–Trinajstić information content (AvgIpc) is 3.12. The molecule has 2 unspecified atom stereocenters. The molecule has 5 rings (SSSR count). The average molecular weight is 323 g/mol. The zero-order valence-electron chi connectivity index (χ0n) is 13.4. The van der Waals surface area contributed by atoms with Crippen LogP contribution in [0.15, 0.2) is 48.5 Å². The third kappa shape index (κ3) is 1.82. The van der Waals surface area contributed by atoms with Gasteiger partial charge >= 0.3 is 0 Å². The Morgan fingerprint density at radius 3 is 2.83 bits per heavy atom. The summed E-state index contributed by atoms with van der Waals surface area (Å²) in [6.45, 7) is 1.72. The van der Waals surface area contributed by atoms with Crippen LogP contribution in [-0.4, -0.2) is 18.0 Å². The molecule has 1 saturated heterocycles. The normalized spacial score (nSPS) is 28.2. The first kappa shape index (κ1) is 14.4. The maximum atomic E-state index is 14.3. The Bertz CT molecular complexity index is 857. The molecule has 0 aromatic heterocycles. The highest BCUT2D eigenvalue weighted by Gasteiger charge is 2.53. The van der Waals surface area contributed by atoms with Crippen molar-refractivity contribution in [3.05, 3.63) is 76.9 Å². The van der Waals surface area contributed by atoms with E-state index in [0.29, 0.717) is 18.0 Å². The second-order valence-corrected chi connectivity index (χ2v) is 7.22. The van der Waals surface area contributed by atoms with E-state index in [1.807, 2.05) is 0 Å². The third-order valence-corrected chi connectivity index (χ3v) is 6.13. The maximum absolute atomic E-state index is 14.3. The number of benzene rings is 2. The van der Waals surface area contributed by atoms with Crippen LogP contribution in [0.2, 0.25) is 0 Å².